The van der Waals surface area contributed by atoms with Crippen LogP contribution in [-0.2, 0) is 28.0 Å². The number of carbonyl (C=O) groups is 1. The smallest absolute Gasteiger partial charge is 0.246 e. The highest BCUT2D eigenvalue weighted by Crippen LogP contribution is 2.12. The summed E-state index contributed by atoms with van der Waals surface area (Å²) in [5.41, 5.74) is 0.787. The van der Waals surface area contributed by atoms with E-state index >= 15 is 0 Å². The Morgan fingerprint density at radius 2 is 2.00 bits per heavy atom. The summed E-state index contributed by atoms with van der Waals surface area (Å²) in [6.45, 7) is -0.333. The van der Waals surface area contributed by atoms with Crippen molar-refractivity contribution in [3.8, 4) is 0 Å². The molecule has 0 fully saturated rings. The number of nitrogens with zero attached hydrogens (tertiary/aromatic N) is 3. The largest absolute Gasteiger partial charge is 0.390 e. The minimum atomic E-state index is -3.76. The second-order valence-corrected chi connectivity index (χ2v) is 5.74. The van der Waals surface area contributed by atoms with Crippen LogP contribution in [0.1, 0.15) is 5.69 Å². The van der Waals surface area contributed by atoms with E-state index in [4.69, 9.17) is 10.2 Å². The summed E-state index contributed by atoms with van der Waals surface area (Å²) in [6.07, 6.45) is 1.45. The molecule has 112 valence electrons. The third kappa shape index (κ3) is 4.08. The quantitative estimate of drug-likeness (QED) is 0.650. The number of aromatic nitrogens is 3. The summed E-state index contributed by atoms with van der Waals surface area (Å²) in [4.78, 5) is 11.7. The van der Waals surface area contributed by atoms with Crippen LogP contribution in [0.25, 0.3) is 0 Å². The van der Waals surface area contributed by atoms with E-state index in [1.807, 2.05) is 0 Å². The summed E-state index contributed by atoms with van der Waals surface area (Å²) in [5.74, 6) is -0.368. The fraction of sp³-hybridized carbons (Fsp3) is 0.182. The van der Waals surface area contributed by atoms with Crippen LogP contribution in [-0.4, -0.2) is 34.4 Å². The van der Waals surface area contributed by atoms with E-state index in [9.17, 15) is 13.2 Å². The first-order valence-electron chi connectivity index (χ1n) is 5.81. The SMILES string of the molecule is NS(=O)(=O)c1ccc(NC(=O)Cn2cc(CO)nn2)cc1. The number of nitrogens with one attached hydrogen (secondary N) is 1. The topological polar surface area (TPSA) is 140 Å². The molecule has 0 spiro atoms. The van der Waals surface area contributed by atoms with Gasteiger partial charge in [-0.05, 0) is 24.3 Å². The molecule has 1 amide bonds. The summed E-state index contributed by atoms with van der Waals surface area (Å²) in [7, 11) is -3.76. The van der Waals surface area contributed by atoms with Gasteiger partial charge in [-0.3, -0.25) is 4.79 Å². The maximum atomic E-state index is 11.8. The van der Waals surface area contributed by atoms with E-state index in [-0.39, 0.29) is 24.0 Å². The third-order valence-electron chi connectivity index (χ3n) is 2.52. The first-order chi connectivity index (χ1) is 9.88. The second-order valence-electron chi connectivity index (χ2n) is 4.18. The normalized spacial score (nSPS) is 11.3. The lowest BCUT2D eigenvalue weighted by molar-refractivity contribution is -0.116. The zero-order valence-corrected chi connectivity index (χ0v) is 11.6. The second kappa shape index (κ2) is 5.99. The van der Waals surface area contributed by atoms with Gasteiger partial charge >= 0.3 is 0 Å². The van der Waals surface area contributed by atoms with Crippen molar-refractivity contribution in [3.05, 3.63) is 36.2 Å². The van der Waals surface area contributed by atoms with Gasteiger partial charge < -0.3 is 10.4 Å². The van der Waals surface area contributed by atoms with Crippen LogP contribution in [0.15, 0.2) is 35.4 Å². The maximum Gasteiger partial charge on any atom is 0.246 e. The van der Waals surface area contributed by atoms with Gasteiger partial charge in [-0.1, -0.05) is 5.21 Å². The lowest BCUT2D eigenvalue weighted by Crippen LogP contribution is -2.19. The average molecular weight is 311 g/mol. The third-order valence-corrected chi connectivity index (χ3v) is 3.45. The molecule has 0 radical (unpaired) electrons. The number of primary sulfonamides is 1. The summed E-state index contributed by atoms with van der Waals surface area (Å²) in [6, 6.07) is 5.45. The number of hydrogen-bond donors (Lipinski definition) is 3. The van der Waals surface area contributed by atoms with Gasteiger partial charge in [0, 0.05) is 5.69 Å². The Kier molecular flexibility index (Phi) is 4.31. The van der Waals surface area contributed by atoms with E-state index in [2.05, 4.69) is 15.6 Å². The van der Waals surface area contributed by atoms with Crippen molar-refractivity contribution < 1.29 is 18.3 Å². The molecule has 0 aliphatic heterocycles. The molecule has 9 nitrogen and oxygen atoms in total. The molecule has 10 heteroatoms. The van der Waals surface area contributed by atoms with Crippen LogP contribution < -0.4 is 10.5 Å². The number of aliphatic hydroxyl groups excluding tert-OH is 1. The summed E-state index contributed by atoms with van der Waals surface area (Å²) in [5, 5.41) is 23.7. The molecule has 0 aliphatic carbocycles. The first-order valence-corrected chi connectivity index (χ1v) is 7.36. The Morgan fingerprint density at radius 1 is 1.33 bits per heavy atom. The van der Waals surface area contributed by atoms with Crippen LogP contribution in [0.2, 0.25) is 0 Å². The molecule has 21 heavy (non-hydrogen) atoms. The van der Waals surface area contributed by atoms with Crippen molar-refractivity contribution in [2.45, 2.75) is 18.0 Å². The number of hydrogen-bond acceptors (Lipinski definition) is 6. The molecule has 0 atom stereocenters. The monoisotopic (exact) mass is 311 g/mol. The number of carbonyl (C=O) groups excluding carboxylic acids is 1. The molecule has 1 aromatic heterocycles. The minimum absolute atomic E-state index is 0.0376. The molecular formula is C11H13N5O4S. The Bertz CT molecular complexity index is 738. The van der Waals surface area contributed by atoms with Gasteiger partial charge in [0.15, 0.2) is 0 Å². The van der Waals surface area contributed by atoms with E-state index in [1.165, 1.54) is 35.1 Å². The van der Waals surface area contributed by atoms with Gasteiger partial charge in [0.2, 0.25) is 15.9 Å². The standard InChI is InChI=1S/C11H13N5O4S/c12-21(19,20)10-3-1-8(2-4-10)13-11(18)6-16-5-9(7-17)14-15-16/h1-5,17H,6-7H2,(H,13,18)(H2,12,19,20). The first kappa shape index (κ1) is 15.1. The van der Waals surface area contributed by atoms with Crippen LogP contribution in [0.5, 0.6) is 0 Å². The molecule has 2 rings (SSSR count). The molecular weight excluding hydrogens is 298 g/mol. The number of benzene rings is 1. The zero-order chi connectivity index (χ0) is 15.5. The maximum absolute atomic E-state index is 11.8. The van der Waals surface area contributed by atoms with Crippen LogP contribution in [0.4, 0.5) is 5.69 Å². The number of sulfonamides is 1. The molecule has 1 heterocycles. The van der Waals surface area contributed by atoms with Crippen LogP contribution in [0, 0.1) is 0 Å². The summed E-state index contributed by atoms with van der Waals surface area (Å²) < 4.78 is 23.5. The van der Waals surface area contributed by atoms with Crippen molar-refractivity contribution in [1.82, 2.24) is 15.0 Å². The van der Waals surface area contributed by atoms with E-state index in [0.29, 0.717) is 11.4 Å². The highest BCUT2D eigenvalue weighted by atomic mass is 32.2. The van der Waals surface area contributed by atoms with Crippen molar-refractivity contribution in [2.24, 2.45) is 5.14 Å². The van der Waals surface area contributed by atoms with Crippen molar-refractivity contribution in [2.75, 3.05) is 5.32 Å². The predicted octanol–water partition coefficient (Wildman–Crippen LogP) is -0.944. The number of aliphatic hydroxyl groups is 1. The summed E-state index contributed by atoms with van der Waals surface area (Å²) >= 11 is 0. The Labute approximate surface area is 120 Å². The van der Waals surface area contributed by atoms with Gasteiger partial charge in [0.25, 0.3) is 0 Å². The van der Waals surface area contributed by atoms with Gasteiger partial charge in [0.05, 0.1) is 17.7 Å². The lowest BCUT2D eigenvalue weighted by Gasteiger charge is -2.05. The van der Waals surface area contributed by atoms with Crippen molar-refractivity contribution >= 4 is 21.6 Å². The van der Waals surface area contributed by atoms with Crippen LogP contribution in [0.3, 0.4) is 0 Å². The van der Waals surface area contributed by atoms with E-state index in [0.717, 1.165) is 0 Å². The lowest BCUT2D eigenvalue weighted by atomic mass is 10.3. The zero-order valence-electron chi connectivity index (χ0n) is 10.8. The van der Waals surface area contributed by atoms with Crippen LogP contribution >= 0.6 is 0 Å². The number of amides is 1. The minimum Gasteiger partial charge on any atom is -0.390 e. The molecule has 0 aliphatic rings. The van der Waals surface area contributed by atoms with Gasteiger partial charge in [-0.2, -0.15) is 0 Å². The number of nitrogens with two attached hydrogens (primary N) is 1. The molecule has 0 saturated carbocycles. The van der Waals surface area contributed by atoms with E-state index < -0.39 is 10.0 Å². The highest BCUT2D eigenvalue weighted by molar-refractivity contribution is 7.89. The van der Waals surface area contributed by atoms with Gasteiger partial charge in [0.1, 0.15) is 12.2 Å². The highest BCUT2D eigenvalue weighted by Gasteiger charge is 2.09. The molecule has 0 bridgehead atoms. The Hall–Kier alpha value is -2.30. The Balaban J connectivity index is 1.99. The molecule has 4 N–H and O–H groups in total. The number of anilines is 1. The predicted molar refractivity (Wildman–Crippen MR) is 72.4 cm³/mol. The fourth-order valence-corrected chi connectivity index (χ4v) is 2.08. The number of rotatable bonds is 5. The molecule has 2 aromatic rings. The van der Waals surface area contributed by atoms with Crippen molar-refractivity contribution in [1.29, 1.82) is 0 Å². The van der Waals surface area contributed by atoms with E-state index in [1.54, 1.807) is 0 Å². The average Bonchev–Trinajstić information content (AvgIpc) is 2.85. The van der Waals surface area contributed by atoms with Gasteiger partial charge in [-0.25, -0.2) is 18.2 Å². The molecule has 0 saturated heterocycles. The molecule has 1 aromatic carbocycles. The fourth-order valence-electron chi connectivity index (χ4n) is 1.56. The van der Waals surface area contributed by atoms with Gasteiger partial charge in [-0.15, -0.1) is 5.10 Å². The molecule has 0 unspecified atom stereocenters. The van der Waals surface area contributed by atoms with Crippen molar-refractivity contribution in [3.63, 3.8) is 0 Å². The Morgan fingerprint density at radius 3 is 2.52 bits per heavy atom.